The zero-order valence-corrected chi connectivity index (χ0v) is 17.1. The van der Waals surface area contributed by atoms with Gasteiger partial charge in [0.15, 0.2) is 11.9 Å². The zero-order valence-electron chi connectivity index (χ0n) is 15.5. The van der Waals surface area contributed by atoms with E-state index in [2.05, 4.69) is 26.6 Å². The lowest BCUT2D eigenvalue weighted by Gasteiger charge is -2.22. The first-order valence-corrected chi connectivity index (χ1v) is 9.29. The highest BCUT2D eigenvalue weighted by molar-refractivity contribution is 9.10. The van der Waals surface area contributed by atoms with E-state index in [0.29, 0.717) is 4.47 Å². The van der Waals surface area contributed by atoms with Gasteiger partial charge in [0.05, 0.1) is 12.0 Å². The number of carbonyl (C=O) groups excluding carboxylic acids is 3. The first kappa shape index (κ1) is 21.6. The Kier molecular flexibility index (Phi) is 7.33. The fraction of sp³-hybridized carbons (Fsp3) is 0.316. The van der Waals surface area contributed by atoms with Crippen LogP contribution in [0.3, 0.4) is 0 Å². The van der Waals surface area contributed by atoms with E-state index < -0.39 is 35.7 Å². The van der Waals surface area contributed by atoms with Crippen molar-refractivity contribution in [3.05, 3.63) is 52.6 Å². The van der Waals surface area contributed by atoms with Gasteiger partial charge < -0.3 is 19.8 Å². The molecule has 0 aliphatic rings. The minimum atomic E-state index is -1.20. The van der Waals surface area contributed by atoms with Crippen molar-refractivity contribution in [3.8, 4) is 0 Å². The van der Waals surface area contributed by atoms with Gasteiger partial charge in [0.2, 0.25) is 0 Å². The average Bonchev–Trinajstić information content (AvgIpc) is 3.16. The smallest absolute Gasteiger partial charge is 0.329 e. The molecule has 2 rings (SSSR count). The number of rotatable bonds is 7. The van der Waals surface area contributed by atoms with Gasteiger partial charge in [0.1, 0.15) is 11.9 Å². The molecule has 1 aromatic heterocycles. The molecular formula is C19H20BrFN2O5. The van der Waals surface area contributed by atoms with Crippen molar-refractivity contribution in [1.82, 2.24) is 5.32 Å². The van der Waals surface area contributed by atoms with Crippen LogP contribution in [0.15, 0.2) is 45.5 Å². The second-order valence-electron chi connectivity index (χ2n) is 6.36. The number of amides is 2. The lowest BCUT2D eigenvalue weighted by atomic mass is 10.0. The number of nitrogens with one attached hydrogen (secondary N) is 2. The van der Waals surface area contributed by atoms with Gasteiger partial charge in [0, 0.05) is 4.47 Å². The van der Waals surface area contributed by atoms with E-state index in [-0.39, 0.29) is 17.4 Å². The van der Waals surface area contributed by atoms with Gasteiger partial charge in [0.25, 0.3) is 11.8 Å². The number of anilines is 1. The lowest BCUT2D eigenvalue weighted by Crippen LogP contribution is -2.47. The average molecular weight is 455 g/mol. The summed E-state index contributed by atoms with van der Waals surface area (Å²) in [6, 6.07) is 6.16. The second kappa shape index (κ2) is 9.50. The van der Waals surface area contributed by atoms with E-state index in [9.17, 15) is 18.8 Å². The Labute approximate surface area is 169 Å². The van der Waals surface area contributed by atoms with E-state index >= 15 is 0 Å². The largest absolute Gasteiger partial charge is 0.459 e. The normalized spacial score (nSPS) is 12.9. The first-order valence-electron chi connectivity index (χ1n) is 8.49. The Balaban J connectivity index is 1.99. The molecule has 0 aliphatic carbocycles. The van der Waals surface area contributed by atoms with Crippen LogP contribution in [-0.4, -0.2) is 29.9 Å². The van der Waals surface area contributed by atoms with E-state index in [1.807, 2.05) is 0 Å². The molecule has 2 atom stereocenters. The highest BCUT2D eigenvalue weighted by Crippen LogP contribution is 2.19. The van der Waals surface area contributed by atoms with Crippen LogP contribution in [0.1, 0.15) is 31.3 Å². The van der Waals surface area contributed by atoms with Crippen molar-refractivity contribution in [1.29, 1.82) is 0 Å². The predicted molar refractivity (Wildman–Crippen MR) is 103 cm³/mol. The fourth-order valence-electron chi connectivity index (χ4n) is 2.24. The highest BCUT2D eigenvalue weighted by Gasteiger charge is 2.30. The molecule has 2 aromatic rings. The summed E-state index contributed by atoms with van der Waals surface area (Å²) >= 11 is 3.12. The molecule has 0 saturated heterocycles. The maximum atomic E-state index is 13.8. The van der Waals surface area contributed by atoms with Crippen LogP contribution in [0.2, 0.25) is 0 Å². The molecule has 28 heavy (non-hydrogen) atoms. The molecule has 9 heteroatoms. The van der Waals surface area contributed by atoms with Crippen LogP contribution in [0.4, 0.5) is 10.1 Å². The number of esters is 1. The molecule has 0 fully saturated rings. The van der Waals surface area contributed by atoms with Gasteiger partial charge in [-0.1, -0.05) is 29.8 Å². The number of furan rings is 1. The number of hydrogen-bond acceptors (Lipinski definition) is 5. The summed E-state index contributed by atoms with van der Waals surface area (Å²) in [5.41, 5.74) is -0.0392. The third kappa shape index (κ3) is 5.66. The van der Waals surface area contributed by atoms with Gasteiger partial charge in [-0.15, -0.1) is 0 Å². The Hall–Kier alpha value is -2.68. The van der Waals surface area contributed by atoms with Crippen molar-refractivity contribution >= 4 is 39.4 Å². The number of benzene rings is 1. The molecule has 0 aliphatic heterocycles. The maximum absolute atomic E-state index is 13.8. The van der Waals surface area contributed by atoms with Gasteiger partial charge in [-0.3, -0.25) is 9.59 Å². The second-order valence-corrected chi connectivity index (χ2v) is 7.28. The summed E-state index contributed by atoms with van der Waals surface area (Å²) < 4.78 is 24.5. The van der Waals surface area contributed by atoms with Gasteiger partial charge in [-0.05, 0) is 43.2 Å². The van der Waals surface area contributed by atoms with Gasteiger partial charge in [-0.2, -0.15) is 0 Å². The summed E-state index contributed by atoms with van der Waals surface area (Å²) in [7, 11) is 0. The molecule has 0 saturated carbocycles. The monoisotopic (exact) mass is 454 g/mol. The van der Waals surface area contributed by atoms with Crippen LogP contribution in [0.25, 0.3) is 0 Å². The summed E-state index contributed by atoms with van der Waals surface area (Å²) in [5, 5.41) is 4.88. The zero-order chi connectivity index (χ0) is 20.8. The lowest BCUT2D eigenvalue weighted by molar-refractivity contribution is -0.156. The molecule has 1 unspecified atom stereocenters. The van der Waals surface area contributed by atoms with Crippen LogP contribution in [0.5, 0.6) is 0 Å². The topological polar surface area (TPSA) is 97.6 Å². The molecule has 0 bridgehead atoms. The molecular weight excluding hydrogens is 435 g/mol. The number of carbonyl (C=O) groups is 3. The number of hydrogen-bond donors (Lipinski definition) is 2. The third-order valence-electron chi connectivity index (χ3n) is 3.80. The van der Waals surface area contributed by atoms with E-state index in [4.69, 9.17) is 9.15 Å². The molecule has 7 nitrogen and oxygen atoms in total. The minimum absolute atomic E-state index is 0.0392. The fourth-order valence-corrected chi connectivity index (χ4v) is 2.58. The van der Waals surface area contributed by atoms with Crippen LogP contribution >= 0.6 is 15.9 Å². The molecule has 2 N–H and O–H groups in total. The van der Waals surface area contributed by atoms with Gasteiger partial charge in [-0.25, -0.2) is 9.18 Å². The summed E-state index contributed by atoms with van der Waals surface area (Å²) in [6.07, 6.45) is 0.142. The Morgan fingerprint density at radius 3 is 2.46 bits per heavy atom. The summed E-state index contributed by atoms with van der Waals surface area (Å²) in [5.74, 6) is -2.94. The van der Waals surface area contributed by atoms with Crippen molar-refractivity contribution in [2.75, 3.05) is 5.32 Å². The van der Waals surface area contributed by atoms with Crippen LogP contribution < -0.4 is 10.6 Å². The van der Waals surface area contributed by atoms with Crippen molar-refractivity contribution in [2.45, 2.75) is 32.9 Å². The SMILES string of the molecule is CC(OC(=O)[C@@H](NC(=O)c1ccco1)C(C)C)C(=O)Nc1ccc(Br)cc1F. The molecule has 150 valence electrons. The van der Waals surface area contributed by atoms with Crippen molar-refractivity contribution in [3.63, 3.8) is 0 Å². The molecule has 2 amide bonds. The molecule has 1 heterocycles. The molecule has 0 radical (unpaired) electrons. The van der Waals surface area contributed by atoms with Crippen LogP contribution in [-0.2, 0) is 14.3 Å². The van der Waals surface area contributed by atoms with Crippen molar-refractivity contribution < 1.29 is 27.9 Å². The third-order valence-corrected chi connectivity index (χ3v) is 4.30. The van der Waals surface area contributed by atoms with E-state index in [1.54, 1.807) is 26.0 Å². The summed E-state index contributed by atoms with van der Waals surface area (Å²) in [4.78, 5) is 36.8. The minimum Gasteiger partial charge on any atom is -0.459 e. The highest BCUT2D eigenvalue weighted by atomic mass is 79.9. The van der Waals surface area contributed by atoms with Crippen molar-refractivity contribution in [2.24, 2.45) is 5.92 Å². The quantitative estimate of drug-likeness (QED) is 0.623. The van der Waals surface area contributed by atoms with E-state index in [1.165, 1.54) is 31.4 Å². The standard InChI is InChI=1S/C19H20BrFN2O5/c1-10(2)16(23-18(25)15-5-4-8-27-15)19(26)28-11(3)17(24)22-14-7-6-12(20)9-13(14)21/h4-11,16H,1-3H3,(H,22,24)(H,23,25)/t11?,16-/m0/s1. The van der Waals surface area contributed by atoms with Crippen LogP contribution in [0, 0.1) is 11.7 Å². The summed E-state index contributed by atoms with van der Waals surface area (Å²) in [6.45, 7) is 4.79. The van der Waals surface area contributed by atoms with Gasteiger partial charge >= 0.3 is 5.97 Å². The Morgan fingerprint density at radius 1 is 1.18 bits per heavy atom. The Morgan fingerprint density at radius 2 is 1.89 bits per heavy atom. The van der Waals surface area contributed by atoms with E-state index in [0.717, 1.165) is 0 Å². The molecule has 0 spiro atoms. The number of halogens is 2. The Bertz CT molecular complexity index is 854. The number of ether oxygens (including phenoxy) is 1. The maximum Gasteiger partial charge on any atom is 0.329 e. The predicted octanol–water partition coefficient (Wildman–Crippen LogP) is 3.51. The first-order chi connectivity index (χ1) is 13.2. The molecule has 1 aromatic carbocycles.